The molecule has 17 heavy (non-hydrogen) atoms. The predicted octanol–water partition coefficient (Wildman–Crippen LogP) is 2.02. The second-order valence-electron chi connectivity index (χ2n) is 3.66. The van der Waals surface area contributed by atoms with Crippen molar-refractivity contribution in [2.24, 2.45) is 0 Å². The Morgan fingerprint density at radius 1 is 1.35 bits per heavy atom. The first kappa shape index (κ1) is 13.4. The van der Waals surface area contributed by atoms with Crippen LogP contribution in [0.15, 0.2) is 24.3 Å². The van der Waals surface area contributed by atoms with E-state index in [1.54, 1.807) is 0 Å². The summed E-state index contributed by atoms with van der Waals surface area (Å²) >= 11 is 0. The summed E-state index contributed by atoms with van der Waals surface area (Å²) in [4.78, 5) is 11.4. The summed E-state index contributed by atoms with van der Waals surface area (Å²) in [6, 6.07) is 7.59. The molecule has 0 aliphatic heterocycles. The zero-order valence-corrected chi connectivity index (χ0v) is 10.5. The predicted molar refractivity (Wildman–Crippen MR) is 69.4 cm³/mol. The maximum atomic E-state index is 11.4. The van der Waals surface area contributed by atoms with Crippen molar-refractivity contribution in [3.63, 3.8) is 0 Å². The lowest BCUT2D eigenvalue weighted by Crippen LogP contribution is -2.30. The van der Waals surface area contributed by atoms with Crippen LogP contribution in [-0.4, -0.2) is 25.6 Å². The van der Waals surface area contributed by atoms with E-state index in [1.165, 1.54) is 0 Å². The van der Waals surface area contributed by atoms with Gasteiger partial charge >= 0.3 is 0 Å². The van der Waals surface area contributed by atoms with Crippen molar-refractivity contribution in [1.82, 2.24) is 5.32 Å². The van der Waals surface area contributed by atoms with Crippen LogP contribution in [0, 0.1) is 0 Å². The third-order valence-electron chi connectivity index (χ3n) is 2.17. The van der Waals surface area contributed by atoms with Gasteiger partial charge in [-0.1, -0.05) is 13.0 Å². The van der Waals surface area contributed by atoms with Gasteiger partial charge in [0.1, 0.15) is 5.75 Å². The molecule has 0 saturated carbocycles. The maximum Gasteiger partial charge on any atom is 0.239 e. The minimum atomic E-state index is 0.00802. The molecule has 0 bridgehead atoms. The number of benzene rings is 1. The van der Waals surface area contributed by atoms with Crippen molar-refractivity contribution in [1.29, 1.82) is 0 Å². The number of anilines is 1. The van der Waals surface area contributed by atoms with Crippen LogP contribution >= 0.6 is 0 Å². The molecule has 1 aromatic rings. The number of ether oxygens (including phenoxy) is 1. The van der Waals surface area contributed by atoms with Crippen LogP contribution in [0.5, 0.6) is 5.75 Å². The Morgan fingerprint density at radius 2 is 2.18 bits per heavy atom. The van der Waals surface area contributed by atoms with E-state index in [9.17, 15) is 4.79 Å². The lowest BCUT2D eigenvalue weighted by Gasteiger charge is -2.09. The molecule has 4 nitrogen and oxygen atoms in total. The summed E-state index contributed by atoms with van der Waals surface area (Å²) in [6.07, 6.45) is 0.950. The van der Waals surface area contributed by atoms with Gasteiger partial charge in [-0.2, -0.15) is 0 Å². The molecule has 4 heteroatoms. The number of hydrogen-bond donors (Lipinski definition) is 2. The van der Waals surface area contributed by atoms with Crippen LogP contribution in [0.25, 0.3) is 0 Å². The van der Waals surface area contributed by atoms with Crippen LogP contribution in [-0.2, 0) is 4.79 Å². The van der Waals surface area contributed by atoms with Crippen molar-refractivity contribution < 1.29 is 9.53 Å². The standard InChI is InChI=1S/C13H20N2O2/c1-3-8-14-13(16)10-15-11-6-5-7-12(9-11)17-4-2/h5-7,9,15H,3-4,8,10H2,1-2H3,(H,14,16). The first-order valence-electron chi connectivity index (χ1n) is 5.99. The quantitative estimate of drug-likeness (QED) is 0.761. The van der Waals surface area contributed by atoms with E-state index in [1.807, 2.05) is 38.1 Å². The fourth-order valence-corrected chi connectivity index (χ4v) is 1.37. The van der Waals surface area contributed by atoms with Gasteiger partial charge in [0.2, 0.25) is 5.91 Å². The molecule has 0 aliphatic rings. The van der Waals surface area contributed by atoms with Crippen LogP contribution in [0.2, 0.25) is 0 Å². The average molecular weight is 236 g/mol. The van der Waals surface area contributed by atoms with Crippen molar-refractivity contribution in [3.8, 4) is 5.75 Å². The van der Waals surface area contributed by atoms with Crippen molar-refractivity contribution in [2.75, 3.05) is 25.0 Å². The summed E-state index contributed by atoms with van der Waals surface area (Å²) in [7, 11) is 0. The van der Waals surface area contributed by atoms with E-state index in [0.29, 0.717) is 6.61 Å². The highest BCUT2D eigenvalue weighted by Gasteiger charge is 2.00. The van der Waals surface area contributed by atoms with Crippen molar-refractivity contribution in [2.45, 2.75) is 20.3 Å². The fourth-order valence-electron chi connectivity index (χ4n) is 1.37. The van der Waals surface area contributed by atoms with E-state index in [-0.39, 0.29) is 12.5 Å². The first-order valence-corrected chi connectivity index (χ1v) is 5.99. The lowest BCUT2D eigenvalue weighted by atomic mass is 10.3. The number of amides is 1. The SMILES string of the molecule is CCCNC(=O)CNc1cccc(OCC)c1. The first-order chi connectivity index (χ1) is 8.26. The second kappa shape index (κ2) is 7.54. The molecule has 0 aliphatic carbocycles. The van der Waals surface area contributed by atoms with Gasteiger partial charge < -0.3 is 15.4 Å². The molecule has 0 saturated heterocycles. The number of hydrogen-bond acceptors (Lipinski definition) is 3. The monoisotopic (exact) mass is 236 g/mol. The Labute approximate surface area is 102 Å². The molecule has 1 amide bonds. The molecular formula is C13H20N2O2. The Kier molecular flexibility index (Phi) is 5.93. The maximum absolute atomic E-state index is 11.4. The van der Waals surface area contributed by atoms with Gasteiger partial charge in [-0.05, 0) is 25.5 Å². The zero-order chi connectivity index (χ0) is 12.5. The van der Waals surface area contributed by atoms with Crippen LogP contribution in [0.4, 0.5) is 5.69 Å². The fraction of sp³-hybridized carbons (Fsp3) is 0.462. The summed E-state index contributed by atoms with van der Waals surface area (Å²) < 4.78 is 5.38. The second-order valence-corrected chi connectivity index (χ2v) is 3.66. The van der Waals surface area contributed by atoms with E-state index in [4.69, 9.17) is 4.74 Å². The Hall–Kier alpha value is -1.71. The Bertz CT molecular complexity index is 353. The van der Waals surface area contributed by atoms with Gasteiger partial charge in [0.05, 0.1) is 13.2 Å². The molecule has 1 rings (SSSR count). The number of carbonyl (C=O) groups excluding carboxylic acids is 1. The molecule has 0 aromatic heterocycles. The van der Waals surface area contributed by atoms with Crippen molar-refractivity contribution >= 4 is 11.6 Å². The lowest BCUT2D eigenvalue weighted by molar-refractivity contribution is -0.119. The summed E-state index contributed by atoms with van der Waals surface area (Å²) in [5, 5.41) is 5.87. The minimum absolute atomic E-state index is 0.00802. The topological polar surface area (TPSA) is 50.4 Å². The number of carbonyl (C=O) groups is 1. The largest absolute Gasteiger partial charge is 0.494 e. The van der Waals surface area contributed by atoms with E-state index in [2.05, 4.69) is 10.6 Å². The molecule has 0 heterocycles. The highest BCUT2D eigenvalue weighted by Crippen LogP contribution is 2.16. The molecule has 2 N–H and O–H groups in total. The molecular weight excluding hydrogens is 216 g/mol. The molecule has 0 fully saturated rings. The molecule has 0 spiro atoms. The Balaban J connectivity index is 2.40. The van der Waals surface area contributed by atoms with Gasteiger partial charge in [0.15, 0.2) is 0 Å². The van der Waals surface area contributed by atoms with Crippen LogP contribution < -0.4 is 15.4 Å². The van der Waals surface area contributed by atoms with E-state index < -0.39 is 0 Å². The van der Waals surface area contributed by atoms with Crippen molar-refractivity contribution in [3.05, 3.63) is 24.3 Å². The summed E-state index contributed by atoms with van der Waals surface area (Å²) in [6.45, 7) is 5.62. The van der Waals surface area contributed by atoms with Crippen LogP contribution in [0.3, 0.4) is 0 Å². The summed E-state index contributed by atoms with van der Waals surface area (Å²) in [5.74, 6) is 0.820. The Morgan fingerprint density at radius 3 is 2.88 bits per heavy atom. The number of nitrogens with one attached hydrogen (secondary N) is 2. The van der Waals surface area contributed by atoms with E-state index in [0.717, 1.165) is 24.4 Å². The normalized spacial score (nSPS) is 9.76. The number of rotatable bonds is 7. The highest BCUT2D eigenvalue weighted by molar-refractivity contribution is 5.80. The smallest absolute Gasteiger partial charge is 0.239 e. The third-order valence-corrected chi connectivity index (χ3v) is 2.17. The van der Waals surface area contributed by atoms with Gasteiger partial charge in [0, 0.05) is 18.3 Å². The molecule has 94 valence electrons. The van der Waals surface area contributed by atoms with Gasteiger partial charge in [-0.25, -0.2) is 0 Å². The molecule has 0 unspecified atom stereocenters. The van der Waals surface area contributed by atoms with Gasteiger partial charge in [-0.15, -0.1) is 0 Å². The van der Waals surface area contributed by atoms with E-state index >= 15 is 0 Å². The zero-order valence-electron chi connectivity index (χ0n) is 10.5. The summed E-state index contributed by atoms with van der Waals surface area (Å²) in [5.41, 5.74) is 0.891. The highest BCUT2D eigenvalue weighted by atomic mass is 16.5. The minimum Gasteiger partial charge on any atom is -0.494 e. The van der Waals surface area contributed by atoms with Gasteiger partial charge in [0.25, 0.3) is 0 Å². The van der Waals surface area contributed by atoms with Crippen LogP contribution in [0.1, 0.15) is 20.3 Å². The average Bonchev–Trinajstić information content (AvgIpc) is 2.35. The van der Waals surface area contributed by atoms with Gasteiger partial charge in [-0.3, -0.25) is 4.79 Å². The molecule has 0 atom stereocenters. The molecule has 1 aromatic carbocycles. The molecule has 0 radical (unpaired) electrons. The third kappa shape index (κ3) is 5.24.